The minimum atomic E-state index is -0.293. The van der Waals surface area contributed by atoms with Gasteiger partial charge in [0.05, 0.1) is 19.2 Å². The van der Waals surface area contributed by atoms with Crippen LogP contribution in [0.1, 0.15) is 32.3 Å². The van der Waals surface area contributed by atoms with E-state index in [1.807, 2.05) is 30.3 Å². The van der Waals surface area contributed by atoms with Crippen LogP contribution in [0.15, 0.2) is 54.7 Å². The Hall–Kier alpha value is -3.28. The number of methoxy groups -OCH3 is 1. The van der Waals surface area contributed by atoms with Gasteiger partial charge in [0.15, 0.2) is 11.5 Å². The zero-order valence-corrected chi connectivity index (χ0v) is 17.8. The molecule has 0 radical (unpaired) electrons. The van der Waals surface area contributed by atoms with E-state index >= 15 is 0 Å². The Kier molecular flexibility index (Phi) is 7.49. The lowest BCUT2D eigenvalue weighted by atomic mass is 10.1. The number of ether oxygens (including phenoxy) is 2. The van der Waals surface area contributed by atoms with Crippen LogP contribution in [-0.2, 0) is 6.54 Å². The average molecular weight is 408 g/mol. The van der Waals surface area contributed by atoms with Crippen LogP contribution in [0, 0.1) is 5.92 Å². The minimum absolute atomic E-state index is 0.293. The molecular formula is C24H29N3O3. The summed E-state index contributed by atoms with van der Waals surface area (Å²) in [6.07, 6.45) is 3.83. The van der Waals surface area contributed by atoms with Crippen LogP contribution in [-0.4, -0.2) is 24.7 Å². The number of anilines is 1. The van der Waals surface area contributed by atoms with Gasteiger partial charge in [-0.1, -0.05) is 38.1 Å². The van der Waals surface area contributed by atoms with Crippen molar-refractivity contribution in [2.45, 2.75) is 33.2 Å². The van der Waals surface area contributed by atoms with Gasteiger partial charge in [0, 0.05) is 29.9 Å². The molecule has 2 amide bonds. The van der Waals surface area contributed by atoms with Crippen molar-refractivity contribution in [1.82, 2.24) is 10.3 Å². The van der Waals surface area contributed by atoms with Crippen molar-refractivity contribution < 1.29 is 14.3 Å². The van der Waals surface area contributed by atoms with Crippen molar-refractivity contribution in [1.29, 1.82) is 0 Å². The number of urea groups is 1. The van der Waals surface area contributed by atoms with Gasteiger partial charge in [-0.3, -0.25) is 4.98 Å². The predicted molar refractivity (Wildman–Crippen MR) is 120 cm³/mol. The van der Waals surface area contributed by atoms with Gasteiger partial charge >= 0.3 is 6.03 Å². The van der Waals surface area contributed by atoms with Crippen LogP contribution in [0.4, 0.5) is 10.5 Å². The lowest BCUT2D eigenvalue weighted by Gasteiger charge is -2.14. The standard InChI is InChI=1S/C24H29N3O3/c1-17(2)7-6-14-30-22-15-20(11-12-21(22)29-3)27-24(28)26-16-19-9-4-8-18-10-5-13-25-23(18)19/h4-5,8-13,15,17H,6-7,14,16H2,1-3H3,(H2,26,27,28). The van der Waals surface area contributed by atoms with Crippen molar-refractivity contribution in [2.75, 3.05) is 19.0 Å². The van der Waals surface area contributed by atoms with Gasteiger partial charge < -0.3 is 20.1 Å². The normalized spacial score (nSPS) is 10.8. The minimum Gasteiger partial charge on any atom is -0.493 e. The molecule has 3 rings (SSSR count). The summed E-state index contributed by atoms with van der Waals surface area (Å²) in [5.74, 6) is 1.91. The summed E-state index contributed by atoms with van der Waals surface area (Å²) in [6, 6.07) is 14.9. The first kappa shape index (κ1) is 21.4. The number of benzene rings is 2. The fourth-order valence-electron chi connectivity index (χ4n) is 3.20. The summed E-state index contributed by atoms with van der Waals surface area (Å²) in [7, 11) is 1.61. The molecule has 0 saturated heterocycles. The van der Waals surface area contributed by atoms with E-state index in [9.17, 15) is 4.79 Å². The second-order valence-electron chi connectivity index (χ2n) is 7.55. The van der Waals surface area contributed by atoms with E-state index in [0.717, 1.165) is 29.3 Å². The number of nitrogens with zero attached hydrogens (tertiary/aromatic N) is 1. The number of rotatable bonds is 9. The van der Waals surface area contributed by atoms with Crippen LogP contribution in [0.2, 0.25) is 0 Å². The largest absolute Gasteiger partial charge is 0.493 e. The molecule has 0 aliphatic rings. The Bertz CT molecular complexity index is 983. The molecule has 0 aliphatic carbocycles. The van der Waals surface area contributed by atoms with Gasteiger partial charge in [0.2, 0.25) is 0 Å². The van der Waals surface area contributed by atoms with Crippen LogP contribution in [0.25, 0.3) is 10.9 Å². The number of para-hydroxylation sites is 1. The van der Waals surface area contributed by atoms with Gasteiger partial charge in [-0.25, -0.2) is 4.79 Å². The van der Waals surface area contributed by atoms with E-state index in [2.05, 4.69) is 29.5 Å². The number of aromatic nitrogens is 1. The molecule has 6 heteroatoms. The number of carbonyl (C=O) groups excluding carboxylic acids is 1. The van der Waals surface area contributed by atoms with Crippen LogP contribution in [0.5, 0.6) is 11.5 Å². The smallest absolute Gasteiger partial charge is 0.319 e. The molecule has 0 spiro atoms. The topological polar surface area (TPSA) is 72.5 Å². The van der Waals surface area contributed by atoms with Crippen LogP contribution < -0.4 is 20.1 Å². The fourth-order valence-corrected chi connectivity index (χ4v) is 3.20. The second-order valence-corrected chi connectivity index (χ2v) is 7.55. The summed E-state index contributed by atoms with van der Waals surface area (Å²) in [5, 5.41) is 6.79. The summed E-state index contributed by atoms with van der Waals surface area (Å²) in [5.41, 5.74) is 2.50. The van der Waals surface area contributed by atoms with E-state index in [-0.39, 0.29) is 6.03 Å². The molecule has 158 valence electrons. The third-order valence-electron chi connectivity index (χ3n) is 4.76. The van der Waals surface area contributed by atoms with E-state index in [1.54, 1.807) is 31.5 Å². The third kappa shape index (κ3) is 5.86. The molecule has 6 nitrogen and oxygen atoms in total. The second kappa shape index (κ2) is 10.5. The Morgan fingerprint density at radius 1 is 1.10 bits per heavy atom. The maximum Gasteiger partial charge on any atom is 0.319 e. The first-order chi connectivity index (χ1) is 14.6. The van der Waals surface area contributed by atoms with Gasteiger partial charge in [-0.2, -0.15) is 0 Å². The Balaban J connectivity index is 1.59. The van der Waals surface area contributed by atoms with Crippen molar-refractivity contribution >= 4 is 22.6 Å². The van der Waals surface area contributed by atoms with Gasteiger partial charge in [0.25, 0.3) is 0 Å². The maximum atomic E-state index is 12.4. The predicted octanol–water partition coefficient (Wildman–Crippen LogP) is 5.38. The summed E-state index contributed by atoms with van der Waals surface area (Å²) in [6.45, 7) is 5.38. The van der Waals surface area contributed by atoms with Crippen LogP contribution >= 0.6 is 0 Å². The number of nitrogens with one attached hydrogen (secondary N) is 2. The third-order valence-corrected chi connectivity index (χ3v) is 4.76. The molecule has 0 unspecified atom stereocenters. The lowest BCUT2D eigenvalue weighted by Crippen LogP contribution is -2.28. The molecule has 1 aromatic heterocycles. The Morgan fingerprint density at radius 2 is 1.93 bits per heavy atom. The van der Waals surface area contributed by atoms with Gasteiger partial charge in [-0.15, -0.1) is 0 Å². The van der Waals surface area contributed by atoms with Crippen molar-refractivity contribution in [3.05, 3.63) is 60.3 Å². The lowest BCUT2D eigenvalue weighted by molar-refractivity contribution is 0.251. The number of fused-ring (bicyclic) bond motifs is 1. The van der Waals surface area contributed by atoms with Crippen molar-refractivity contribution in [2.24, 2.45) is 5.92 Å². The summed E-state index contributed by atoms with van der Waals surface area (Å²) in [4.78, 5) is 16.8. The molecule has 3 aromatic rings. The zero-order chi connectivity index (χ0) is 21.3. The molecule has 0 saturated carbocycles. The van der Waals surface area contributed by atoms with Gasteiger partial charge in [-0.05, 0) is 42.5 Å². The zero-order valence-electron chi connectivity index (χ0n) is 17.8. The van der Waals surface area contributed by atoms with E-state index < -0.39 is 0 Å². The highest BCUT2D eigenvalue weighted by molar-refractivity contribution is 5.90. The van der Waals surface area contributed by atoms with Crippen molar-refractivity contribution in [3.8, 4) is 11.5 Å². The first-order valence-corrected chi connectivity index (χ1v) is 10.2. The molecule has 0 fully saturated rings. The molecule has 0 bridgehead atoms. The molecular weight excluding hydrogens is 378 g/mol. The molecule has 1 heterocycles. The molecule has 30 heavy (non-hydrogen) atoms. The number of amides is 2. The molecule has 0 aliphatic heterocycles. The number of carbonyl (C=O) groups is 1. The monoisotopic (exact) mass is 407 g/mol. The highest BCUT2D eigenvalue weighted by Gasteiger charge is 2.09. The molecule has 2 N–H and O–H groups in total. The highest BCUT2D eigenvalue weighted by Crippen LogP contribution is 2.30. The Morgan fingerprint density at radius 3 is 2.73 bits per heavy atom. The summed E-state index contributed by atoms with van der Waals surface area (Å²) < 4.78 is 11.2. The maximum absolute atomic E-state index is 12.4. The van der Waals surface area contributed by atoms with Crippen LogP contribution in [0.3, 0.4) is 0 Å². The number of hydrogen-bond donors (Lipinski definition) is 2. The van der Waals surface area contributed by atoms with E-state index in [0.29, 0.717) is 36.3 Å². The average Bonchev–Trinajstić information content (AvgIpc) is 2.75. The highest BCUT2D eigenvalue weighted by atomic mass is 16.5. The number of hydrogen-bond acceptors (Lipinski definition) is 4. The summed E-state index contributed by atoms with van der Waals surface area (Å²) >= 11 is 0. The van der Waals surface area contributed by atoms with E-state index in [4.69, 9.17) is 9.47 Å². The SMILES string of the molecule is COc1ccc(NC(=O)NCc2cccc3cccnc23)cc1OCCCC(C)C. The number of pyridine rings is 1. The van der Waals surface area contributed by atoms with E-state index in [1.165, 1.54) is 0 Å². The fraction of sp³-hybridized carbons (Fsp3) is 0.333. The first-order valence-electron chi connectivity index (χ1n) is 10.2. The quantitative estimate of drug-likeness (QED) is 0.467. The van der Waals surface area contributed by atoms with Gasteiger partial charge in [0.1, 0.15) is 0 Å². The molecule has 0 atom stereocenters. The Labute approximate surface area is 177 Å². The van der Waals surface area contributed by atoms with Crippen molar-refractivity contribution in [3.63, 3.8) is 0 Å². The molecule has 2 aromatic carbocycles.